The number of aryl methyl sites for hydroxylation is 2. The number of aromatic nitrogens is 3. The van der Waals surface area contributed by atoms with Gasteiger partial charge in [0.1, 0.15) is 5.15 Å². The molecule has 7 heteroatoms. The van der Waals surface area contributed by atoms with E-state index < -0.39 is 5.97 Å². The molecule has 0 amide bonds. The smallest absolute Gasteiger partial charge is 0.331 e. The van der Waals surface area contributed by atoms with Crippen LogP contribution in [0.15, 0.2) is 42.5 Å². The number of para-hydroxylation sites is 1. The number of hydrogen-bond acceptors (Lipinski definition) is 4. The van der Waals surface area contributed by atoms with Crippen molar-refractivity contribution in [2.24, 2.45) is 0 Å². The molecule has 0 aliphatic heterocycles. The van der Waals surface area contributed by atoms with Gasteiger partial charge in [0.15, 0.2) is 6.61 Å². The molecule has 0 fully saturated rings. The number of hydrogen-bond donors (Lipinski definition) is 0. The summed E-state index contributed by atoms with van der Waals surface area (Å²) in [7, 11) is 0. The van der Waals surface area contributed by atoms with Crippen LogP contribution in [0.3, 0.4) is 0 Å². The Kier molecular flexibility index (Phi) is 6.81. The highest BCUT2D eigenvalue weighted by molar-refractivity contribution is 6.31. The molecule has 0 atom stereocenters. The average molecular weight is 440 g/mol. The predicted molar refractivity (Wildman–Crippen MR) is 122 cm³/mol. The second kappa shape index (κ2) is 9.35. The Labute approximate surface area is 187 Å². The molecule has 0 radical (unpaired) electrons. The summed E-state index contributed by atoms with van der Waals surface area (Å²) in [6.07, 6.45) is 2.82. The maximum absolute atomic E-state index is 12.6. The largest absolute Gasteiger partial charge is 0.454 e. The fourth-order valence-corrected chi connectivity index (χ4v) is 4.04. The highest BCUT2D eigenvalue weighted by Crippen LogP contribution is 2.25. The number of halogens is 1. The van der Waals surface area contributed by atoms with Gasteiger partial charge in [0, 0.05) is 34.6 Å². The lowest BCUT2D eigenvalue weighted by Crippen LogP contribution is -2.14. The summed E-state index contributed by atoms with van der Waals surface area (Å²) in [5, 5.41) is 4.83. The van der Waals surface area contributed by atoms with Gasteiger partial charge in [-0.05, 0) is 58.9 Å². The molecule has 3 aromatic rings. The lowest BCUT2D eigenvalue weighted by Gasteiger charge is -2.13. The van der Waals surface area contributed by atoms with E-state index in [-0.39, 0.29) is 18.4 Å². The average Bonchev–Trinajstić information content (AvgIpc) is 3.20. The fourth-order valence-electron chi connectivity index (χ4n) is 3.71. The number of ketones is 1. The summed E-state index contributed by atoms with van der Waals surface area (Å²) in [5.74, 6) is -0.846. The molecule has 1 aromatic carbocycles. The molecule has 162 valence electrons. The van der Waals surface area contributed by atoms with Crippen LogP contribution in [0.2, 0.25) is 5.15 Å². The number of esters is 1. The van der Waals surface area contributed by atoms with Crippen LogP contribution in [0.1, 0.15) is 52.9 Å². The van der Waals surface area contributed by atoms with Gasteiger partial charge in [-0.1, -0.05) is 29.8 Å². The summed E-state index contributed by atoms with van der Waals surface area (Å²) in [5.41, 5.74) is 4.57. The lowest BCUT2D eigenvalue weighted by atomic mass is 10.1. The summed E-state index contributed by atoms with van der Waals surface area (Å²) in [6, 6.07) is 11.6. The molecular weight excluding hydrogens is 414 g/mol. The summed E-state index contributed by atoms with van der Waals surface area (Å²) in [6.45, 7) is 9.47. The Hall–Kier alpha value is -3.12. The highest BCUT2D eigenvalue weighted by Gasteiger charge is 2.18. The predicted octanol–water partition coefficient (Wildman–Crippen LogP) is 5.27. The minimum absolute atomic E-state index is 0.229. The topological polar surface area (TPSA) is 66.1 Å². The molecule has 0 spiro atoms. The van der Waals surface area contributed by atoms with E-state index in [1.165, 1.54) is 6.08 Å². The number of carbonyl (C=O) groups is 2. The van der Waals surface area contributed by atoms with Gasteiger partial charge in [-0.2, -0.15) is 5.10 Å². The normalized spacial score (nSPS) is 11.5. The molecule has 0 unspecified atom stereocenters. The lowest BCUT2D eigenvalue weighted by molar-refractivity contribution is -0.136. The first-order valence-electron chi connectivity index (χ1n) is 10.1. The third-order valence-electron chi connectivity index (χ3n) is 5.08. The van der Waals surface area contributed by atoms with Crippen LogP contribution in [0, 0.1) is 20.8 Å². The van der Waals surface area contributed by atoms with Crippen molar-refractivity contribution in [2.75, 3.05) is 6.61 Å². The van der Waals surface area contributed by atoms with Crippen molar-refractivity contribution in [3.8, 4) is 5.69 Å². The first-order valence-corrected chi connectivity index (χ1v) is 10.5. The zero-order chi connectivity index (χ0) is 22.7. The summed E-state index contributed by atoms with van der Waals surface area (Å²) >= 11 is 6.46. The Morgan fingerprint density at radius 3 is 2.45 bits per heavy atom. The van der Waals surface area contributed by atoms with E-state index in [1.54, 1.807) is 10.8 Å². The Morgan fingerprint density at radius 2 is 1.84 bits per heavy atom. The molecule has 0 saturated heterocycles. The molecule has 6 nitrogen and oxygen atoms in total. The van der Waals surface area contributed by atoms with E-state index >= 15 is 0 Å². The van der Waals surface area contributed by atoms with E-state index in [1.807, 2.05) is 57.2 Å². The van der Waals surface area contributed by atoms with Gasteiger partial charge in [-0.15, -0.1) is 0 Å². The monoisotopic (exact) mass is 439 g/mol. The minimum Gasteiger partial charge on any atom is -0.454 e. The van der Waals surface area contributed by atoms with Gasteiger partial charge in [-0.3, -0.25) is 4.79 Å². The van der Waals surface area contributed by atoms with Crippen molar-refractivity contribution in [3.05, 3.63) is 75.8 Å². The van der Waals surface area contributed by atoms with Crippen molar-refractivity contribution in [3.63, 3.8) is 0 Å². The highest BCUT2D eigenvalue weighted by atomic mass is 35.5. The molecule has 0 bridgehead atoms. The molecule has 0 aliphatic rings. The zero-order valence-corrected chi connectivity index (χ0v) is 19.1. The zero-order valence-electron chi connectivity index (χ0n) is 18.3. The van der Waals surface area contributed by atoms with Crippen LogP contribution in [0.4, 0.5) is 0 Å². The van der Waals surface area contributed by atoms with E-state index in [0.717, 1.165) is 17.1 Å². The van der Waals surface area contributed by atoms with Crippen molar-refractivity contribution in [2.45, 2.75) is 40.7 Å². The quantitative estimate of drug-likeness (QED) is 0.285. The number of ether oxygens (including phenoxy) is 1. The van der Waals surface area contributed by atoms with Crippen molar-refractivity contribution in [1.82, 2.24) is 14.3 Å². The number of nitrogens with zero attached hydrogens (tertiary/aromatic N) is 3. The van der Waals surface area contributed by atoms with Crippen LogP contribution in [-0.4, -0.2) is 32.7 Å². The van der Waals surface area contributed by atoms with E-state index in [4.69, 9.17) is 16.3 Å². The van der Waals surface area contributed by atoms with E-state index in [9.17, 15) is 9.59 Å². The van der Waals surface area contributed by atoms with Gasteiger partial charge in [0.2, 0.25) is 5.78 Å². The van der Waals surface area contributed by atoms with Crippen molar-refractivity contribution >= 4 is 29.4 Å². The van der Waals surface area contributed by atoms with Crippen LogP contribution in [-0.2, 0) is 9.53 Å². The summed E-state index contributed by atoms with van der Waals surface area (Å²) < 4.78 is 8.86. The van der Waals surface area contributed by atoms with Crippen LogP contribution in [0.5, 0.6) is 0 Å². The molecule has 31 heavy (non-hydrogen) atoms. The maximum Gasteiger partial charge on any atom is 0.331 e. The van der Waals surface area contributed by atoms with Gasteiger partial charge in [0.25, 0.3) is 0 Å². The SMILES string of the molecule is Cc1nn(-c2ccccc2)c(Cl)c1C=CC(=O)OCC(=O)c1cc(C)n(C(C)C)c1C. The molecular formula is C24H26ClN3O3. The number of Topliss-reactive ketones (excluding diaryl/α,β-unsaturated/α-hetero) is 1. The Morgan fingerprint density at radius 1 is 1.16 bits per heavy atom. The number of rotatable bonds is 7. The molecule has 2 aromatic heterocycles. The van der Waals surface area contributed by atoms with Crippen molar-refractivity contribution in [1.29, 1.82) is 0 Å². The molecule has 0 N–H and O–H groups in total. The van der Waals surface area contributed by atoms with Gasteiger partial charge in [0.05, 0.1) is 11.4 Å². The second-order valence-electron chi connectivity index (χ2n) is 7.65. The minimum atomic E-state index is -0.617. The molecule has 3 rings (SSSR count). The third kappa shape index (κ3) is 4.80. The van der Waals surface area contributed by atoms with Crippen LogP contribution in [0.25, 0.3) is 11.8 Å². The Balaban J connectivity index is 1.68. The maximum atomic E-state index is 12.6. The fraction of sp³-hybridized carbons (Fsp3) is 0.292. The van der Waals surface area contributed by atoms with Crippen LogP contribution >= 0.6 is 11.6 Å². The van der Waals surface area contributed by atoms with Gasteiger partial charge >= 0.3 is 5.97 Å². The van der Waals surface area contributed by atoms with Gasteiger partial charge in [-0.25, -0.2) is 9.48 Å². The van der Waals surface area contributed by atoms with Crippen molar-refractivity contribution < 1.29 is 14.3 Å². The third-order valence-corrected chi connectivity index (χ3v) is 5.45. The van der Waals surface area contributed by atoms with E-state index in [0.29, 0.717) is 22.0 Å². The van der Waals surface area contributed by atoms with Gasteiger partial charge < -0.3 is 9.30 Å². The number of carbonyl (C=O) groups excluding carboxylic acids is 2. The van der Waals surface area contributed by atoms with Crippen LogP contribution < -0.4 is 0 Å². The Bertz CT molecular complexity index is 1140. The molecule has 0 saturated carbocycles. The molecule has 2 heterocycles. The second-order valence-corrected chi connectivity index (χ2v) is 8.01. The van der Waals surface area contributed by atoms with E-state index in [2.05, 4.69) is 23.5 Å². The number of benzene rings is 1. The first-order chi connectivity index (χ1) is 14.7. The standard InChI is InChI=1S/C24H26ClN3O3/c1-15(2)27-16(3)13-21(18(27)5)22(29)14-31-23(30)12-11-20-17(4)26-28(24(20)25)19-9-7-6-8-10-19/h6-13,15H,14H2,1-5H3. The molecule has 0 aliphatic carbocycles. The first kappa shape index (κ1) is 22.6. The summed E-state index contributed by atoms with van der Waals surface area (Å²) in [4.78, 5) is 24.7.